The summed E-state index contributed by atoms with van der Waals surface area (Å²) in [6, 6.07) is 9.79. The molecule has 170 valence electrons. The van der Waals surface area contributed by atoms with Gasteiger partial charge in [0.2, 0.25) is 5.91 Å². The minimum atomic E-state index is -0.536. The van der Waals surface area contributed by atoms with Gasteiger partial charge >= 0.3 is 11.7 Å². The molecule has 1 N–H and O–H groups in total. The third-order valence-electron chi connectivity index (χ3n) is 5.04. The molecule has 1 amide bonds. The van der Waals surface area contributed by atoms with E-state index in [1.807, 2.05) is 6.92 Å². The van der Waals surface area contributed by atoms with Crippen molar-refractivity contribution in [3.8, 4) is 0 Å². The molecule has 0 atom stereocenters. The number of amides is 1. The highest BCUT2D eigenvalue weighted by molar-refractivity contribution is 7.25. The maximum Gasteiger partial charge on any atom is 0.338 e. The number of carbonyl (C=O) groups excluding carboxylic acids is 2. The largest absolute Gasteiger partial charge is 0.462 e. The summed E-state index contributed by atoms with van der Waals surface area (Å²) in [4.78, 5) is 55.7. The Morgan fingerprint density at radius 3 is 2.55 bits per heavy atom. The first-order valence-electron chi connectivity index (χ1n) is 10.5. The Kier molecular flexibility index (Phi) is 6.36. The van der Waals surface area contributed by atoms with E-state index in [0.717, 1.165) is 0 Å². The van der Waals surface area contributed by atoms with Crippen LogP contribution in [0.2, 0.25) is 0 Å². The minimum absolute atomic E-state index is 0.256. The maximum atomic E-state index is 13.2. The van der Waals surface area contributed by atoms with Crippen LogP contribution < -0.4 is 16.6 Å². The predicted molar refractivity (Wildman–Crippen MR) is 127 cm³/mol. The molecule has 0 aliphatic carbocycles. The molecule has 0 radical (unpaired) electrons. The zero-order valence-electron chi connectivity index (χ0n) is 18.2. The number of fused-ring (bicyclic) bond motifs is 3. The number of pyridine rings is 1. The van der Waals surface area contributed by atoms with Crippen LogP contribution in [0.4, 0.5) is 5.69 Å². The number of anilines is 1. The molecule has 0 saturated carbocycles. The van der Waals surface area contributed by atoms with E-state index in [4.69, 9.17) is 4.74 Å². The Labute approximate surface area is 192 Å². The summed E-state index contributed by atoms with van der Waals surface area (Å²) in [6.45, 7) is 3.85. The van der Waals surface area contributed by atoms with Gasteiger partial charge in [-0.25, -0.2) is 14.6 Å². The fourth-order valence-corrected chi connectivity index (χ4v) is 4.70. The number of nitrogens with zero attached hydrogens (tertiary/aromatic N) is 3. The van der Waals surface area contributed by atoms with Gasteiger partial charge in [0.15, 0.2) is 0 Å². The van der Waals surface area contributed by atoms with Gasteiger partial charge in [0.1, 0.15) is 16.1 Å². The van der Waals surface area contributed by atoms with Crippen LogP contribution in [0.25, 0.3) is 20.4 Å². The van der Waals surface area contributed by atoms with Crippen molar-refractivity contribution in [2.24, 2.45) is 0 Å². The third kappa shape index (κ3) is 4.29. The van der Waals surface area contributed by atoms with Gasteiger partial charge < -0.3 is 10.1 Å². The molecule has 0 unspecified atom stereocenters. The van der Waals surface area contributed by atoms with Crippen molar-refractivity contribution in [2.45, 2.75) is 33.4 Å². The number of aromatic nitrogens is 3. The van der Waals surface area contributed by atoms with Crippen LogP contribution in [-0.4, -0.2) is 32.6 Å². The monoisotopic (exact) mass is 466 g/mol. The lowest BCUT2D eigenvalue weighted by Crippen LogP contribution is -2.41. The Morgan fingerprint density at radius 2 is 1.85 bits per heavy atom. The molecule has 3 aromatic heterocycles. The second-order valence-electron chi connectivity index (χ2n) is 7.31. The molecule has 0 aliphatic heterocycles. The molecule has 0 spiro atoms. The lowest BCUT2D eigenvalue weighted by molar-refractivity contribution is -0.116. The van der Waals surface area contributed by atoms with Gasteiger partial charge in [-0.15, -0.1) is 11.3 Å². The van der Waals surface area contributed by atoms with Crippen molar-refractivity contribution in [3.05, 3.63) is 69.0 Å². The predicted octanol–water partition coefficient (Wildman–Crippen LogP) is 3.00. The van der Waals surface area contributed by atoms with Gasteiger partial charge in [0.25, 0.3) is 5.56 Å². The van der Waals surface area contributed by atoms with E-state index < -0.39 is 17.6 Å². The number of hydrogen-bond acceptors (Lipinski definition) is 7. The smallest absolute Gasteiger partial charge is 0.338 e. The summed E-state index contributed by atoms with van der Waals surface area (Å²) in [6.07, 6.45) is 2.22. The van der Waals surface area contributed by atoms with Crippen molar-refractivity contribution < 1.29 is 14.3 Å². The normalized spacial score (nSPS) is 11.1. The van der Waals surface area contributed by atoms with E-state index in [0.29, 0.717) is 38.1 Å². The quantitative estimate of drug-likeness (QED) is 0.419. The highest BCUT2D eigenvalue weighted by Gasteiger charge is 2.20. The first kappa shape index (κ1) is 22.4. The van der Waals surface area contributed by atoms with Crippen LogP contribution in [0, 0.1) is 0 Å². The topological polar surface area (TPSA) is 112 Å². The summed E-state index contributed by atoms with van der Waals surface area (Å²) in [7, 11) is 0. The van der Waals surface area contributed by atoms with Crippen LogP contribution in [-0.2, 0) is 22.6 Å². The van der Waals surface area contributed by atoms with E-state index in [9.17, 15) is 19.2 Å². The molecule has 10 heteroatoms. The standard InChI is InChI=1S/C23H22N4O5S/c1-3-12-26-21(29)19-18(16-6-5-11-24-20(16)33-19)27(23(26)31)13-17(28)25-15-9-7-14(8-10-15)22(30)32-4-2/h5-11H,3-4,12-13H2,1-2H3,(H,25,28). The van der Waals surface area contributed by atoms with E-state index in [1.165, 1.54) is 20.5 Å². The Morgan fingerprint density at radius 1 is 1.09 bits per heavy atom. The van der Waals surface area contributed by atoms with Crippen molar-refractivity contribution >= 4 is 49.3 Å². The number of rotatable bonds is 7. The van der Waals surface area contributed by atoms with E-state index >= 15 is 0 Å². The molecule has 9 nitrogen and oxygen atoms in total. The second kappa shape index (κ2) is 9.37. The lowest BCUT2D eigenvalue weighted by Gasteiger charge is -2.12. The van der Waals surface area contributed by atoms with Crippen molar-refractivity contribution in [3.63, 3.8) is 0 Å². The number of thiophene rings is 1. The number of carbonyl (C=O) groups is 2. The lowest BCUT2D eigenvalue weighted by atomic mass is 10.2. The number of ether oxygens (including phenoxy) is 1. The van der Waals surface area contributed by atoms with Crippen molar-refractivity contribution in [1.29, 1.82) is 0 Å². The fraction of sp³-hybridized carbons (Fsp3) is 0.261. The molecule has 1 aromatic carbocycles. The van der Waals surface area contributed by atoms with Crippen LogP contribution in [0.15, 0.2) is 52.2 Å². The number of esters is 1. The zero-order chi connectivity index (χ0) is 23.5. The van der Waals surface area contributed by atoms with Crippen LogP contribution in [0.3, 0.4) is 0 Å². The first-order valence-corrected chi connectivity index (χ1v) is 11.3. The first-order chi connectivity index (χ1) is 15.9. The highest BCUT2D eigenvalue weighted by Crippen LogP contribution is 2.29. The second-order valence-corrected chi connectivity index (χ2v) is 8.31. The van der Waals surface area contributed by atoms with Gasteiger partial charge in [0, 0.05) is 23.8 Å². The zero-order valence-corrected chi connectivity index (χ0v) is 19.0. The van der Waals surface area contributed by atoms with Crippen LogP contribution >= 0.6 is 11.3 Å². The number of benzene rings is 1. The molecule has 4 rings (SSSR count). The Bertz CT molecular complexity index is 1470. The highest BCUT2D eigenvalue weighted by atomic mass is 32.1. The molecule has 0 fully saturated rings. The van der Waals surface area contributed by atoms with Gasteiger partial charge in [-0.3, -0.25) is 18.7 Å². The molecule has 4 aromatic rings. The number of hydrogen-bond donors (Lipinski definition) is 1. The molecule has 3 heterocycles. The van der Waals surface area contributed by atoms with E-state index in [2.05, 4.69) is 10.3 Å². The van der Waals surface area contributed by atoms with Gasteiger partial charge in [0.05, 0.1) is 17.7 Å². The number of nitrogens with one attached hydrogen (secondary N) is 1. The van der Waals surface area contributed by atoms with Crippen molar-refractivity contribution in [1.82, 2.24) is 14.1 Å². The van der Waals surface area contributed by atoms with E-state index in [-0.39, 0.29) is 25.3 Å². The van der Waals surface area contributed by atoms with Crippen LogP contribution in [0.5, 0.6) is 0 Å². The van der Waals surface area contributed by atoms with Gasteiger partial charge in [-0.1, -0.05) is 6.92 Å². The minimum Gasteiger partial charge on any atom is -0.462 e. The third-order valence-corrected chi connectivity index (χ3v) is 6.13. The van der Waals surface area contributed by atoms with Crippen molar-refractivity contribution in [2.75, 3.05) is 11.9 Å². The van der Waals surface area contributed by atoms with Crippen LogP contribution in [0.1, 0.15) is 30.6 Å². The molecular weight excluding hydrogens is 444 g/mol. The van der Waals surface area contributed by atoms with Gasteiger partial charge in [-0.2, -0.15) is 0 Å². The molecule has 0 bridgehead atoms. The average molecular weight is 467 g/mol. The summed E-state index contributed by atoms with van der Waals surface area (Å²) in [5.74, 6) is -0.882. The average Bonchev–Trinajstić information content (AvgIpc) is 3.20. The summed E-state index contributed by atoms with van der Waals surface area (Å²) >= 11 is 1.21. The maximum absolute atomic E-state index is 13.2. The van der Waals surface area contributed by atoms with E-state index in [1.54, 1.807) is 49.5 Å². The fourth-order valence-electron chi connectivity index (χ4n) is 3.60. The Balaban J connectivity index is 1.70. The molecule has 0 aliphatic rings. The molecule has 0 saturated heterocycles. The summed E-state index contributed by atoms with van der Waals surface area (Å²) < 4.78 is 7.84. The van der Waals surface area contributed by atoms with Gasteiger partial charge in [-0.05, 0) is 49.7 Å². The summed E-state index contributed by atoms with van der Waals surface area (Å²) in [5, 5.41) is 3.39. The Hall–Kier alpha value is -3.79. The SMILES string of the molecule is CCCn1c(=O)c2sc3ncccc3c2n(CC(=O)Nc2ccc(C(=O)OCC)cc2)c1=O. The molecular formula is C23H22N4O5S. The molecule has 33 heavy (non-hydrogen) atoms. The summed E-state index contributed by atoms with van der Waals surface area (Å²) in [5.41, 5.74) is 0.350.